The van der Waals surface area contributed by atoms with Gasteiger partial charge in [0.25, 0.3) is 0 Å². The van der Waals surface area contributed by atoms with Crippen molar-refractivity contribution in [1.82, 2.24) is 10.2 Å². The van der Waals surface area contributed by atoms with E-state index in [9.17, 15) is 18.7 Å². The highest BCUT2D eigenvalue weighted by Gasteiger charge is 2.39. The number of amides is 1. The predicted octanol–water partition coefficient (Wildman–Crippen LogP) is 2.77. The number of aliphatic hydroxyl groups excluding tert-OH is 1. The van der Waals surface area contributed by atoms with Crippen LogP contribution in [0, 0.1) is 23.5 Å². The molecule has 1 aromatic carbocycles. The third-order valence-electron chi connectivity index (χ3n) is 6.07. The lowest BCUT2D eigenvalue weighted by molar-refractivity contribution is -0.133. The Labute approximate surface area is 152 Å². The molecule has 1 amide bonds. The molecule has 2 saturated carbocycles. The summed E-state index contributed by atoms with van der Waals surface area (Å²) >= 11 is 0. The second-order valence-electron chi connectivity index (χ2n) is 8.07. The Hall–Kier alpha value is -1.53. The molecule has 0 bridgehead atoms. The molecule has 1 unspecified atom stereocenters. The normalized spacial score (nSPS) is 27.9. The van der Waals surface area contributed by atoms with Gasteiger partial charge < -0.3 is 15.3 Å². The van der Waals surface area contributed by atoms with Crippen molar-refractivity contribution < 1.29 is 18.7 Å². The number of hydrogen-bond acceptors (Lipinski definition) is 3. The number of carbonyl (C=O) groups is 1. The van der Waals surface area contributed by atoms with Crippen molar-refractivity contribution >= 4 is 5.91 Å². The number of halogens is 2. The molecular weight excluding hydrogens is 338 g/mol. The van der Waals surface area contributed by atoms with Crippen molar-refractivity contribution in [3.05, 3.63) is 35.4 Å². The van der Waals surface area contributed by atoms with E-state index in [4.69, 9.17) is 0 Å². The maximum Gasteiger partial charge on any atom is 0.225 e. The molecule has 1 saturated heterocycles. The lowest BCUT2D eigenvalue weighted by Gasteiger charge is -2.42. The number of benzene rings is 1. The zero-order valence-electron chi connectivity index (χ0n) is 14.8. The Balaban J connectivity index is 1.41. The first-order valence-corrected chi connectivity index (χ1v) is 9.69. The van der Waals surface area contributed by atoms with Crippen LogP contribution in [0.3, 0.4) is 0 Å². The molecule has 4 rings (SSSR count). The van der Waals surface area contributed by atoms with E-state index >= 15 is 0 Å². The standard InChI is InChI=1S/C20H26F2N2O2/c21-14-3-4-17(18(22)11-14)19(13-9-16(25)10-13)23-15-5-7-24(8-6-15)20(26)12-1-2-12/h3-4,11-13,15-16,19,23,25H,1-2,5-10H2. The van der Waals surface area contributed by atoms with E-state index in [1.807, 2.05) is 4.90 Å². The summed E-state index contributed by atoms with van der Waals surface area (Å²) in [5, 5.41) is 13.2. The van der Waals surface area contributed by atoms with Crippen LogP contribution in [-0.4, -0.2) is 41.1 Å². The Morgan fingerprint density at radius 1 is 1.15 bits per heavy atom. The van der Waals surface area contributed by atoms with Gasteiger partial charge in [-0.05, 0) is 50.5 Å². The van der Waals surface area contributed by atoms with Crippen LogP contribution in [0.15, 0.2) is 18.2 Å². The molecule has 142 valence electrons. The van der Waals surface area contributed by atoms with Crippen LogP contribution in [0.1, 0.15) is 50.1 Å². The number of hydrogen-bond donors (Lipinski definition) is 2. The lowest BCUT2D eigenvalue weighted by Crippen LogP contribution is -2.49. The van der Waals surface area contributed by atoms with Gasteiger partial charge in [-0.15, -0.1) is 0 Å². The fourth-order valence-corrected chi connectivity index (χ4v) is 4.24. The SMILES string of the molecule is O=C(C1CC1)N1CCC(NC(c2ccc(F)cc2F)C2CC(O)C2)CC1. The molecule has 26 heavy (non-hydrogen) atoms. The number of rotatable bonds is 5. The molecule has 1 atom stereocenters. The molecule has 6 heteroatoms. The fraction of sp³-hybridized carbons (Fsp3) is 0.650. The summed E-state index contributed by atoms with van der Waals surface area (Å²) in [6.07, 6.45) is 4.66. The molecule has 0 spiro atoms. The van der Waals surface area contributed by atoms with Gasteiger partial charge in [-0.25, -0.2) is 8.78 Å². The van der Waals surface area contributed by atoms with Crippen LogP contribution >= 0.6 is 0 Å². The highest BCUT2D eigenvalue weighted by atomic mass is 19.1. The van der Waals surface area contributed by atoms with Crippen LogP contribution in [0.4, 0.5) is 8.78 Å². The summed E-state index contributed by atoms with van der Waals surface area (Å²) in [5.74, 6) is -0.435. The summed E-state index contributed by atoms with van der Waals surface area (Å²) in [6.45, 7) is 1.47. The zero-order chi connectivity index (χ0) is 18.3. The molecule has 2 aliphatic carbocycles. The van der Waals surface area contributed by atoms with Gasteiger partial charge in [-0.2, -0.15) is 0 Å². The molecule has 4 nitrogen and oxygen atoms in total. The van der Waals surface area contributed by atoms with E-state index in [0.717, 1.165) is 44.8 Å². The van der Waals surface area contributed by atoms with E-state index in [1.54, 1.807) is 0 Å². The maximum atomic E-state index is 14.3. The Morgan fingerprint density at radius 2 is 1.85 bits per heavy atom. The van der Waals surface area contributed by atoms with E-state index in [-0.39, 0.29) is 35.9 Å². The Kier molecular flexibility index (Phi) is 4.97. The minimum Gasteiger partial charge on any atom is -0.393 e. The monoisotopic (exact) mass is 364 g/mol. The van der Waals surface area contributed by atoms with Crippen LogP contribution in [-0.2, 0) is 4.79 Å². The molecule has 1 aliphatic heterocycles. The van der Waals surface area contributed by atoms with E-state index in [0.29, 0.717) is 18.4 Å². The van der Waals surface area contributed by atoms with Gasteiger partial charge in [-0.1, -0.05) is 6.07 Å². The van der Waals surface area contributed by atoms with Crippen molar-refractivity contribution in [1.29, 1.82) is 0 Å². The number of carbonyl (C=O) groups excluding carboxylic acids is 1. The third-order valence-corrected chi connectivity index (χ3v) is 6.07. The second kappa shape index (κ2) is 7.24. The quantitative estimate of drug-likeness (QED) is 0.845. The number of piperidine rings is 1. The molecule has 3 fully saturated rings. The Bertz CT molecular complexity index is 666. The van der Waals surface area contributed by atoms with Crippen molar-refractivity contribution in [2.24, 2.45) is 11.8 Å². The summed E-state index contributed by atoms with van der Waals surface area (Å²) in [4.78, 5) is 14.1. The summed E-state index contributed by atoms with van der Waals surface area (Å²) in [5.41, 5.74) is 0.472. The van der Waals surface area contributed by atoms with Gasteiger partial charge in [0.15, 0.2) is 0 Å². The highest BCUT2D eigenvalue weighted by molar-refractivity contribution is 5.81. The van der Waals surface area contributed by atoms with Gasteiger partial charge >= 0.3 is 0 Å². The molecule has 2 N–H and O–H groups in total. The Morgan fingerprint density at radius 3 is 2.42 bits per heavy atom. The third kappa shape index (κ3) is 3.76. The van der Waals surface area contributed by atoms with E-state index < -0.39 is 11.6 Å². The molecular formula is C20H26F2N2O2. The first kappa shape index (κ1) is 17.9. The highest BCUT2D eigenvalue weighted by Crippen LogP contribution is 2.40. The predicted molar refractivity (Wildman–Crippen MR) is 93.3 cm³/mol. The van der Waals surface area contributed by atoms with Gasteiger partial charge in [0.05, 0.1) is 6.10 Å². The van der Waals surface area contributed by atoms with Crippen LogP contribution < -0.4 is 5.32 Å². The summed E-state index contributed by atoms with van der Waals surface area (Å²) in [6, 6.07) is 3.70. The van der Waals surface area contributed by atoms with E-state index in [2.05, 4.69) is 5.32 Å². The molecule has 0 radical (unpaired) electrons. The average molecular weight is 364 g/mol. The van der Waals surface area contributed by atoms with Crippen molar-refractivity contribution in [2.75, 3.05) is 13.1 Å². The average Bonchev–Trinajstić information content (AvgIpc) is 3.43. The number of aliphatic hydroxyl groups is 1. The van der Waals surface area contributed by atoms with Gasteiger partial charge in [-0.3, -0.25) is 4.79 Å². The zero-order valence-corrected chi connectivity index (χ0v) is 14.8. The van der Waals surface area contributed by atoms with E-state index in [1.165, 1.54) is 12.1 Å². The molecule has 1 heterocycles. The van der Waals surface area contributed by atoms with Gasteiger partial charge in [0, 0.05) is 42.7 Å². The molecule has 1 aromatic rings. The lowest BCUT2D eigenvalue weighted by atomic mass is 9.74. The van der Waals surface area contributed by atoms with Crippen LogP contribution in [0.2, 0.25) is 0 Å². The smallest absolute Gasteiger partial charge is 0.225 e. The van der Waals surface area contributed by atoms with Gasteiger partial charge in [0.2, 0.25) is 5.91 Å². The van der Waals surface area contributed by atoms with Gasteiger partial charge in [0.1, 0.15) is 11.6 Å². The number of nitrogens with one attached hydrogen (secondary N) is 1. The largest absolute Gasteiger partial charge is 0.393 e. The van der Waals surface area contributed by atoms with Crippen LogP contribution in [0.5, 0.6) is 0 Å². The number of likely N-dealkylation sites (tertiary alicyclic amines) is 1. The maximum absolute atomic E-state index is 14.3. The summed E-state index contributed by atoms with van der Waals surface area (Å²) < 4.78 is 27.6. The minimum absolute atomic E-state index is 0.149. The minimum atomic E-state index is -0.578. The van der Waals surface area contributed by atoms with Crippen molar-refractivity contribution in [2.45, 2.75) is 56.7 Å². The molecule has 0 aromatic heterocycles. The van der Waals surface area contributed by atoms with Crippen LogP contribution in [0.25, 0.3) is 0 Å². The second-order valence-corrected chi connectivity index (χ2v) is 8.07. The first-order valence-electron chi connectivity index (χ1n) is 9.69. The summed E-state index contributed by atoms with van der Waals surface area (Å²) in [7, 11) is 0. The van der Waals surface area contributed by atoms with Crippen molar-refractivity contribution in [3.8, 4) is 0 Å². The van der Waals surface area contributed by atoms with Crippen molar-refractivity contribution in [3.63, 3.8) is 0 Å². The first-order chi connectivity index (χ1) is 12.5. The fourth-order valence-electron chi connectivity index (χ4n) is 4.24. The topological polar surface area (TPSA) is 52.6 Å². The number of nitrogens with zero attached hydrogens (tertiary/aromatic N) is 1. The molecule has 3 aliphatic rings.